The number of anilines is 2. The first-order valence-corrected chi connectivity index (χ1v) is 7.14. The fraction of sp³-hybridized carbons (Fsp3) is 0.333. The molecule has 1 N–H and O–H groups in total. The van der Waals surface area contributed by atoms with Crippen LogP contribution in [0.3, 0.4) is 0 Å². The summed E-state index contributed by atoms with van der Waals surface area (Å²) in [5, 5.41) is 3.46. The van der Waals surface area contributed by atoms with Crippen LogP contribution < -0.4 is 10.2 Å². The van der Waals surface area contributed by atoms with Crippen LogP contribution in [-0.2, 0) is 0 Å². The molecule has 0 fully saturated rings. The van der Waals surface area contributed by atoms with Crippen molar-refractivity contribution in [1.29, 1.82) is 0 Å². The van der Waals surface area contributed by atoms with E-state index >= 15 is 0 Å². The summed E-state index contributed by atoms with van der Waals surface area (Å²) >= 11 is 0. The highest BCUT2D eigenvalue weighted by Gasteiger charge is 2.02. The van der Waals surface area contributed by atoms with E-state index in [1.807, 2.05) is 0 Å². The molecule has 0 unspecified atom stereocenters. The highest BCUT2D eigenvalue weighted by Crippen LogP contribution is 2.17. The van der Waals surface area contributed by atoms with Crippen molar-refractivity contribution in [2.45, 2.75) is 20.8 Å². The molecule has 0 aliphatic heterocycles. The Morgan fingerprint density at radius 3 is 2.05 bits per heavy atom. The zero-order valence-corrected chi connectivity index (χ0v) is 12.9. The Balaban J connectivity index is 1.88. The average Bonchev–Trinajstić information content (AvgIpc) is 2.40. The number of benzene rings is 2. The second-order valence-electron chi connectivity index (χ2n) is 5.56. The van der Waals surface area contributed by atoms with Crippen LogP contribution in [0, 0.1) is 20.8 Å². The highest BCUT2D eigenvalue weighted by atomic mass is 15.1. The minimum atomic E-state index is 0.937. The molecule has 106 valence electrons. The lowest BCUT2D eigenvalue weighted by molar-refractivity contribution is 0.913. The van der Waals surface area contributed by atoms with Gasteiger partial charge in [-0.3, -0.25) is 0 Å². The number of nitrogens with zero attached hydrogens (tertiary/aromatic N) is 1. The first-order chi connectivity index (χ1) is 9.54. The fourth-order valence-electron chi connectivity index (χ4n) is 2.34. The van der Waals surface area contributed by atoms with E-state index < -0.39 is 0 Å². The molecule has 0 aromatic heterocycles. The molecule has 0 bridgehead atoms. The van der Waals surface area contributed by atoms with E-state index in [1.54, 1.807) is 0 Å². The third-order valence-electron chi connectivity index (χ3n) is 3.48. The van der Waals surface area contributed by atoms with Crippen molar-refractivity contribution in [3.05, 3.63) is 59.2 Å². The van der Waals surface area contributed by atoms with E-state index in [1.165, 1.54) is 28.1 Å². The lowest BCUT2D eigenvalue weighted by Gasteiger charge is -2.21. The molecule has 0 spiro atoms. The maximum Gasteiger partial charge on any atom is 0.0369 e. The standard InChI is InChI=1S/C18H24N2/c1-14-5-7-17(8-6-14)19-9-10-20(4)18-12-15(2)11-16(3)13-18/h5-8,11-13,19H,9-10H2,1-4H3. The van der Waals surface area contributed by atoms with Gasteiger partial charge in [0.15, 0.2) is 0 Å². The summed E-state index contributed by atoms with van der Waals surface area (Å²) in [5.74, 6) is 0. The summed E-state index contributed by atoms with van der Waals surface area (Å²) < 4.78 is 0. The van der Waals surface area contributed by atoms with Gasteiger partial charge in [0.25, 0.3) is 0 Å². The molecule has 0 amide bonds. The lowest BCUT2D eigenvalue weighted by atomic mass is 10.1. The van der Waals surface area contributed by atoms with Gasteiger partial charge < -0.3 is 10.2 Å². The average molecular weight is 268 g/mol. The summed E-state index contributed by atoms with van der Waals surface area (Å²) in [6.07, 6.45) is 0. The molecule has 20 heavy (non-hydrogen) atoms. The van der Waals surface area contributed by atoms with Gasteiger partial charge >= 0.3 is 0 Å². The number of nitrogens with one attached hydrogen (secondary N) is 1. The maximum absolute atomic E-state index is 3.46. The van der Waals surface area contributed by atoms with Crippen molar-refractivity contribution < 1.29 is 0 Å². The van der Waals surface area contributed by atoms with Crippen molar-refractivity contribution in [1.82, 2.24) is 0 Å². The summed E-state index contributed by atoms with van der Waals surface area (Å²) in [5.41, 5.74) is 6.40. The number of likely N-dealkylation sites (N-methyl/N-ethyl adjacent to an activating group) is 1. The quantitative estimate of drug-likeness (QED) is 0.876. The van der Waals surface area contributed by atoms with Gasteiger partial charge in [-0.1, -0.05) is 23.8 Å². The molecule has 0 radical (unpaired) electrons. The number of hydrogen-bond donors (Lipinski definition) is 1. The maximum atomic E-state index is 3.46. The summed E-state index contributed by atoms with van der Waals surface area (Å²) in [6.45, 7) is 8.32. The molecule has 0 aliphatic rings. The predicted molar refractivity (Wildman–Crippen MR) is 88.9 cm³/mol. The number of aryl methyl sites for hydroxylation is 3. The molecule has 2 heteroatoms. The summed E-state index contributed by atoms with van der Waals surface area (Å²) in [7, 11) is 2.14. The van der Waals surface area contributed by atoms with Crippen LogP contribution in [-0.4, -0.2) is 20.1 Å². The molecule has 0 heterocycles. The van der Waals surface area contributed by atoms with Crippen LogP contribution in [0.15, 0.2) is 42.5 Å². The molecule has 0 atom stereocenters. The van der Waals surface area contributed by atoms with Gasteiger partial charge in [-0.2, -0.15) is 0 Å². The van der Waals surface area contributed by atoms with Crippen LogP contribution in [0.25, 0.3) is 0 Å². The Labute approximate surface area is 122 Å². The van der Waals surface area contributed by atoms with Crippen molar-refractivity contribution in [2.24, 2.45) is 0 Å². The van der Waals surface area contributed by atoms with Gasteiger partial charge in [0, 0.05) is 31.5 Å². The van der Waals surface area contributed by atoms with Gasteiger partial charge in [-0.15, -0.1) is 0 Å². The first kappa shape index (κ1) is 14.4. The number of hydrogen-bond acceptors (Lipinski definition) is 2. The molecule has 2 rings (SSSR count). The molecule has 2 aromatic rings. The van der Waals surface area contributed by atoms with Crippen molar-refractivity contribution >= 4 is 11.4 Å². The van der Waals surface area contributed by atoms with E-state index in [0.29, 0.717) is 0 Å². The Kier molecular flexibility index (Phi) is 4.67. The van der Waals surface area contributed by atoms with Gasteiger partial charge in [-0.05, 0) is 56.2 Å². The fourth-order valence-corrected chi connectivity index (χ4v) is 2.34. The third kappa shape index (κ3) is 4.02. The monoisotopic (exact) mass is 268 g/mol. The van der Waals surface area contributed by atoms with Crippen LogP contribution in [0.5, 0.6) is 0 Å². The molecular weight excluding hydrogens is 244 g/mol. The molecule has 0 saturated carbocycles. The normalized spacial score (nSPS) is 10.4. The SMILES string of the molecule is Cc1ccc(NCCN(C)c2cc(C)cc(C)c2)cc1. The molecule has 0 aliphatic carbocycles. The Morgan fingerprint density at radius 2 is 1.45 bits per heavy atom. The molecule has 2 aromatic carbocycles. The van der Waals surface area contributed by atoms with Crippen LogP contribution >= 0.6 is 0 Å². The highest BCUT2D eigenvalue weighted by molar-refractivity contribution is 5.51. The summed E-state index contributed by atoms with van der Waals surface area (Å²) in [4.78, 5) is 2.29. The van der Waals surface area contributed by atoms with Crippen molar-refractivity contribution in [3.8, 4) is 0 Å². The van der Waals surface area contributed by atoms with Crippen molar-refractivity contribution in [2.75, 3.05) is 30.4 Å². The first-order valence-electron chi connectivity index (χ1n) is 7.14. The van der Waals surface area contributed by atoms with Gasteiger partial charge in [0.2, 0.25) is 0 Å². The Morgan fingerprint density at radius 1 is 0.850 bits per heavy atom. The zero-order chi connectivity index (χ0) is 14.5. The topological polar surface area (TPSA) is 15.3 Å². The predicted octanol–water partition coefficient (Wildman–Crippen LogP) is 4.16. The Bertz CT molecular complexity index is 538. The Hall–Kier alpha value is -1.96. The molecule has 2 nitrogen and oxygen atoms in total. The van der Waals surface area contributed by atoms with E-state index in [9.17, 15) is 0 Å². The van der Waals surface area contributed by atoms with Crippen molar-refractivity contribution in [3.63, 3.8) is 0 Å². The van der Waals surface area contributed by atoms with E-state index in [4.69, 9.17) is 0 Å². The second-order valence-corrected chi connectivity index (χ2v) is 5.56. The van der Waals surface area contributed by atoms with Crippen LogP contribution in [0.2, 0.25) is 0 Å². The molecule has 0 saturated heterocycles. The smallest absolute Gasteiger partial charge is 0.0369 e. The zero-order valence-electron chi connectivity index (χ0n) is 12.9. The minimum absolute atomic E-state index is 0.937. The second kappa shape index (κ2) is 6.47. The van der Waals surface area contributed by atoms with Gasteiger partial charge in [0.05, 0.1) is 0 Å². The van der Waals surface area contributed by atoms with E-state index in [-0.39, 0.29) is 0 Å². The summed E-state index contributed by atoms with van der Waals surface area (Å²) in [6, 6.07) is 15.2. The van der Waals surface area contributed by atoms with Crippen LogP contribution in [0.1, 0.15) is 16.7 Å². The van der Waals surface area contributed by atoms with E-state index in [2.05, 4.69) is 80.5 Å². The molecular formula is C18H24N2. The number of rotatable bonds is 5. The largest absolute Gasteiger partial charge is 0.383 e. The lowest BCUT2D eigenvalue weighted by Crippen LogP contribution is -2.24. The minimum Gasteiger partial charge on any atom is -0.383 e. The van der Waals surface area contributed by atoms with Gasteiger partial charge in [0.1, 0.15) is 0 Å². The van der Waals surface area contributed by atoms with Crippen LogP contribution in [0.4, 0.5) is 11.4 Å². The van der Waals surface area contributed by atoms with E-state index in [0.717, 1.165) is 13.1 Å². The third-order valence-corrected chi connectivity index (χ3v) is 3.48. The van der Waals surface area contributed by atoms with Gasteiger partial charge in [-0.25, -0.2) is 0 Å².